The highest BCUT2D eigenvalue weighted by Gasteiger charge is 2.45. The topological polar surface area (TPSA) is 167 Å². The van der Waals surface area contributed by atoms with Crippen LogP contribution in [0.15, 0.2) is 60.7 Å². The van der Waals surface area contributed by atoms with E-state index >= 15 is 0 Å². The number of imide groups is 2. The fraction of sp³-hybridized carbons (Fsp3) is 0.325. The van der Waals surface area contributed by atoms with E-state index < -0.39 is 35.5 Å². The molecule has 1 atom stereocenters. The van der Waals surface area contributed by atoms with Crippen LogP contribution in [0.2, 0.25) is 0 Å². The van der Waals surface area contributed by atoms with Crippen molar-refractivity contribution in [2.24, 2.45) is 0 Å². The van der Waals surface area contributed by atoms with E-state index in [0.717, 1.165) is 34.6 Å². The number of aromatic nitrogens is 1. The monoisotopic (exact) mass is 766 g/mol. The Bertz CT molecular complexity index is 2210. The predicted molar refractivity (Wildman–Crippen MR) is 204 cm³/mol. The number of ether oxygens (including phenoxy) is 1. The van der Waals surface area contributed by atoms with Crippen LogP contribution < -0.4 is 25.6 Å². The van der Waals surface area contributed by atoms with Crippen LogP contribution in [-0.2, 0) is 25.6 Å². The van der Waals surface area contributed by atoms with Crippen LogP contribution in [0, 0.1) is 12.7 Å². The van der Waals surface area contributed by atoms with Gasteiger partial charge in [0.25, 0.3) is 11.8 Å². The van der Waals surface area contributed by atoms with Gasteiger partial charge in [-0.05, 0) is 81.0 Å². The number of halogens is 1. The molecular formula is C40H39FN6O7S. The largest absolute Gasteiger partial charge is 0.494 e. The number of nitrogens with one attached hydrogen (secondary N) is 3. The normalized spacial score (nSPS) is 16.8. The van der Waals surface area contributed by atoms with Crippen LogP contribution in [0.25, 0.3) is 11.3 Å². The zero-order valence-electron chi connectivity index (χ0n) is 30.1. The lowest BCUT2D eigenvalue weighted by molar-refractivity contribution is -0.136. The maximum Gasteiger partial charge on any atom is 0.264 e. The molecule has 1 aromatic heterocycles. The summed E-state index contributed by atoms with van der Waals surface area (Å²) in [7, 11) is 0. The van der Waals surface area contributed by atoms with Crippen molar-refractivity contribution >= 4 is 63.3 Å². The van der Waals surface area contributed by atoms with Gasteiger partial charge >= 0.3 is 0 Å². The van der Waals surface area contributed by atoms with E-state index in [0.29, 0.717) is 60.4 Å². The number of benzene rings is 3. The molecule has 0 radical (unpaired) electrons. The van der Waals surface area contributed by atoms with Crippen LogP contribution in [0.5, 0.6) is 5.75 Å². The Morgan fingerprint density at radius 1 is 1.00 bits per heavy atom. The number of hydrogen-bond acceptors (Lipinski definition) is 10. The van der Waals surface area contributed by atoms with Gasteiger partial charge in [-0.1, -0.05) is 24.3 Å². The second-order valence-corrected chi connectivity index (χ2v) is 14.8. The average molecular weight is 767 g/mol. The van der Waals surface area contributed by atoms with Crippen LogP contribution in [-0.4, -0.2) is 71.1 Å². The Kier molecular flexibility index (Phi) is 11.0. The van der Waals surface area contributed by atoms with Crippen molar-refractivity contribution in [2.45, 2.75) is 64.3 Å². The quantitative estimate of drug-likeness (QED) is 0.109. The molecule has 3 aliphatic rings. The summed E-state index contributed by atoms with van der Waals surface area (Å²) in [6, 6.07) is 16.0. The molecule has 0 saturated carbocycles. The number of anilines is 3. The Balaban J connectivity index is 0.848. The molecule has 2 fully saturated rings. The summed E-state index contributed by atoms with van der Waals surface area (Å²) in [6.07, 6.45) is 3.74. The third-order valence-electron chi connectivity index (χ3n) is 9.76. The van der Waals surface area contributed by atoms with Crippen molar-refractivity contribution in [3.05, 3.63) is 88.0 Å². The van der Waals surface area contributed by atoms with Gasteiger partial charge in [0, 0.05) is 42.1 Å². The van der Waals surface area contributed by atoms with Gasteiger partial charge in [-0.15, -0.1) is 11.3 Å². The van der Waals surface area contributed by atoms with Crippen molar-refractivity contribution in [1.82, 2.24) is 15.2 Å². The predicted octanol–water partition coefficient (Wildman–Crippen LogP) is 5.63. The molecule has 3 N–H and O–H groups in total. The van der Waals surface area contributed by atoms with Gasteiger partial charge in [0.1, 0.15) is 17.6 Å². The third-order valence-corrected chi connectivity index (χ3v) is 10.7. The summed E-state index contributed by atoms with van der Waals surface area (Å²) in [5, 5.41) is 8.72. The number of thiazole rings is 1. The van der Waals surface area contributed by atoms with Crippen molar-refractivity contribution in [3.8, 4) is 17.0 Å². The number of amides is 6. The lowest BCUT2D eigenvalue weighted by Gasteiger charge is -2.27. The number of rotatable bonds is 14. The van der Waals surface area contributed by atoms with Crippen molar-refractivity contribution in [3.63, 3.8) is 0 Å². The van der Waals surface area contributed by atoms with Gasteiger partial charge in [-0.3, -0.25) is 39.0 Å². The Morgan fingerprint density at radius 3 is 2.62 bits per heavy atom. The SMILES string of the molecule is Cc1sc(NC(=O)Cc2cccc(OCCCCCNc3cccc4c3C(=O)N(C3CCC(=O)NC3=O)C4=O)c2)nc1-c1ccc(N2CCCC2=O)c(F)c1. The van der Waals surface area contributed by atoms with Crippen LogP contribution in [0.1, 0.15) is 76.1 Å². The van der Waals surface area contributed by atoms with Crippen LogP contribution in [0.4, 0.5) is 20.9 Å². The average Bonchev–Trinajstić information content (AvgIpc) is 3.82. The minimum absolute atomic E-state index is 0.0599. The van der Waals surface area contributed by atoms with Crippen LogP contribution in [0.3, 0.4) is 0 Å². The number of unbranched alkanes of at least 4 members (excludes halogenated alkanes) is 2. The fourth-order valence-electron chi connectivity index (χ4n) is 7.07. The van der Waals surface area contributed by atoms with Gasteiger partial charge in [0.15, 0.2) is 5.13 Å². The molecule has 4 aromatic rings. The van der Waals surface area contributed by atoms with Crippen LogP contribution >= 0.6 is 11.3 Å². The highest BCUT2D eigenvalue weighted by molar-refractivity contribution is 7.16. The number of fused-ring (bicyclic) bond motifs is 1. The standard InChI is InChI=1S/C40H39FN6O7S/c1-23-36(25-13-14-30(28(41)22-25)46-18-7-12-34(46)50)45-40(55-23)44-33(49)21-24-8-5-9-26(20-24)54-19-4-2-3-17-42-29-11-6-10-27-35(29)39(53)47(38(27)52)31-15-16-32(48)43-37(31)51/h5-6,8-11,13-14,20,22,31,42H,2-4,7,12,15-19,21H2,1H3,(H,43,48,51)(H,44,45,49). The molecule has 4 heterocycles. The van der Waals surface area contributed by atoms with Gasteiger partial charge in [0.05, 0.1) is 35.5 Å². The minimum atomic E-state index is -1.02. The van der Waals surface area contributed by atoms with E-state index in [1.165, 1.54) is 22.3 Å². The molecule has 15 heteroatoms. The van der Waals surface area contributed by atoms with Crippen molar-refractivity contribution in [1.29, 1.82) is 0 Å². The van der Waals surface area contributed by atoms with Gasteiger partial charge < -0.3 is 20.3 Å². The first-order chi connectivity index (χ1) is 26.6. The Morgan fingerprint density at radius 2 is 1.84 bits per heavy atom. The first-order valence-electron chi connectivity index (χ1n) is 18.2. The maximum atomic E-state index is 15.0. The van der Waals surface area contributed by atoms with E-state index in [2.05, 4.69) is 20.9 Å². The fourth-order valence-corrected chi connectivity index (χ4v) is 7.92. The van der Waals surface area contributed by atoms with Gasteiger partial charge in [-0.25, -0.2) is 9.37 Å². The highest BCUT2D eigenvalue weighted by Crippen LogP contribution is 2.35. The lowest BCUT2D eigenvalue weighted by Crippen LogP contribution is -2.54. The first kappa shape index (κ1) is 37.4. The molecule has 0 bridgehead atoms. The molecule has 3 aliphatic heterocycles. The van der Waals surface area contributed by atoms with Crippen molar-refractivity contribution < 1.29 is 37.9 Å². The summed E-state index contributed by atoms with van der Waals surface area (Å²) in [5.41, 5.74) is 3.15. The highest BCUT2D eigenvalue weighted by atomic mass is 32.1. The number of carbonyl (C=O) groups is 6. The molecule has 7 rings (SSSR count). The second kappa shape index (κ2) is 16.2. The molecule has 3 aromatic carbocycles. The summed E-state index contributed by atoms with van der Waals surface area (Å²) in [4.78, 5) is 83.1. The molecule has 1 unspecified atom stereocenters. The van der Waals surface area contributed by atoms with Crippen molar-refractivity contribution in [2.75, 3.05) is 35.2 Å². The minimum Gasteiger partial charge on any atom is -0.494 e. The summed E-state index contributed by atoms with van der Waals surface area (Å²) >= 11 is 1.30. The number of hydrogen-bond donors (Lipinski definition) is 3. The lowest BCUT2D eigenvalue weighted by atomic mass is 10.0. The Hall–Kier alpha value is -5.96. The molecule has 13 nitrogen and oxygen atoms in total. The van der Waals surface area contributed by atoms with E-state index in [1.807, 2.05) is 31.2 Å². The van der Waals surface area contributed by atoms with Gasteiger partial charge in [0.2, 0.25) is 23.6 Å². The molecule has 0 aliphatic carbocycles. The molecule has 284 valence electrons. The summed E-state index contributed by atoms with van der Waals surface area (Å²) < 4.78 is 20.9. The molecule has 2 saturated heterocycles. The number of nitrogens with zero attached hydrogens (tertiary/aromatic N) is 3. The summed E-state index contributed by atoms with van der Waals surface area (Å²) in [5.74, 6) is -2.34. The Labute approximate surface area is 320 Å². The smallest absolute Gasteiger partial charge is 0.264 e. The number of piperidine rings is 1. The zero-order chi connectivity index (χ0) is 38.6. The zero-order valence-corrected chi connectivity index (χ0v) is 30.9. The van der Waals surface area contributed by atoms with E-state index in [1.54, 1.807) is 30.3 Å². The third kappa shape index (κ3) is 8.11. The van der Waals surface area contributed by atoms with E-state index in [-0.39, 0.29) is 47.9 Å². The second-order valence-electron chi connectivity index (χ2n) is 13.6. The maximum absolute atomic E-state index is 15.0. The number of carbonyl (C=O) groups excluding carboxylic acids is 6. The first-order valence-corrected chi connectivity index (χ1v) is 19.1. The summed E-state index contributed by atoms with van der Waals surface area (Å²) in [6.45, 7) is 3.37. The van der Waals surface area contributed by atoms with Gasteiger partial charge in [-0.2, -0.15) is 0 Å². The van der Waals surface area contributed by atoms with E-state index in [4.69, 9.17) is 4.74 Å². The number of aryl methyl sites for hydroxylation is 1. The molecular weight excluding hydrogens is 728 g/mol. The molecule has 6 amide bonds. The molecule has 55 heavy (non-hydrogen) atoms. The van der Waals surface area contributed by atoms with E-state index in [9.17, 15) is 33.2 Å². The molecule has 0 spiro atoms.